The van der Waals surface area contributed by atoms with Gasteiger partial charge in [-0.1, -0.05) is 28.1 Å². The van der Waals surface area contributed by atoms with E-state index in [1.165, 1.54) is 0 Å². The van der Waals surface area contributed by atoms with Gasteiger partial charge in [-0.05, 0) is 62.7 Å². The van der Waals surface area contributed by atoms with Crippen molar-refractivity contribution in [2.45, 2.75) is 26.8 Å². The number of aryl methyl sites for hydroxylation is 2. The third-order valence-corrected chi connectivity index (χ3v) is 6.16. The average molecular weight is 509 g/mol. The van der Waals surface area contributed by atoms with Crippen molar-refractivity contribution in [3.8, 4) is 11.5 Å². The van der Waals surface area contributed by atoms with Crippen LogP contribution in [-0.2, 0) is 7.05 Å². The van der Waals surface area contributed by atoms with Crippen molar-refractivity contribution in [2.24, 2.45) is 7.05 Å². The van der Waals surface area contributed by atoms with Crippen LogP contribution in [0.15, 0.2) is 59.1 Å². The molecule has 172 valence electrons. The minimum Gasteiger partial charge on any atom is -0.497 e. The van der Waals surface area contributed by atoms with Gasteiger partial charge in [0.2, 0.25) is 5.95 Å². The normalized spacial score (nSPS) is 11.2. The number of para-hydroxylation sites is 1. The number of methoxy groups -OCH3 is 2. The van der Waals surface area contributed by atoms with Crippen LogP contribution in [0.5, 0.6) is 11.5 Å². The van der Waals surface area contributed by atoms with Crippen LogP contribution in [0.1, 0.15) is 19.4 Å². The number of fused-ring (bicyclic) bond motifs is 1. The van der Waals surface area contributed by atoms with E-state index in [-0.39, 0.29) is 6.04 Å². The standard InChI is InChI=1S/C26H29BrN4O2/c1-16(2)31(19-9-7-10-20(15-19)32-5)22-12-8-11-21-25(22)30(4)26(28-21)29-24-17(3)13-18(27)14-23(24)33-6/h7-16H,1-6H3,(H,28,29). The molecule has 0 spiro atoms. The third kappa shape index (κ3) is 4.37. The van der Waals surface area contributed by atoms with Gasteiger partial charge in [0, 0.05) is 29.3 Å². The van der Waals surface area contributed by atoms with Gasteiger partial charge in [-0.3, -0.25) is 0 Å². The number of benzene rings is 3. The quantitative estimate of drug-likeness (QED) is 0.292. The van der Waals surface area contributed by atoms with E-state index in [2.05, 4.69) is 74.9 Å². The molecule has 0 saturated carbocycles. The molecule has 0 aliphatic heterocycles. The smallest absolute Gasteiger partial charge is 0.208 e. The molecule has 0 saturated heterocycles. The summed E-state index contributed by atoms with van der Waals surface area (Å²) in [6, 6.07) is 18.6. The number of nitrogens with one attached hydrogen (secondary N) is 1. The molecule has 0 atom stereocenters. The molecule has 1 N–H and O–H groups in total. The third-order valence-electron chi connectivity index (χ3n) is 5.70. The second-order valence-electron chi connectivity index (χ2n) is 8.23. The lowest BCUT2D eigenvalue weighted by Gasteiger charge is -2.30. The number of ether oxygens (including phenoxy) is 2. The van der Waals surface area contributed by atoms with Crippen LogP contribution < -0.4 is 19.7 Å². The first-order chi connectivity index (χ1) is 15.8. The van der Waals surface area contributed by atoms with E-state index in [0.29, 0.717) is 0 Å². The maximum atomic E-state index is 5.62. The fourth-order valence-electron chi connectivity index (χ4n) is 4.18. The molecule has 0 amide bonds. The summed E-state index contributed by atoms with van der Waals surface area (Å²) in [6.07, 6.45) is 0. The maximum absolute atomic E-state index is 5.62. The van der Waals surface area contributed by atoms with Gasteiger partial charge >= 0.3 is 0 Å². The van der Waals surface area contributed by atoms with Gasteiger partial charge in [0.1, 0.15) is 11.5 Å². The fraction of sp³-hybridized carbons (Fsp3) is 0.269. The van der Waals surface area contributed by atoms with Crippen molar-refractivity contribution < 1.29 is 9.47 Å². The molecule has 1 heterocycles. The van der Waals surface area contributed by atoms with E-state index in [0.717, 1.165) is 55.6 Å². The Morgan fingerprint density at radius 3 is 2.48 bits per heavy atom. The summed E-state index contributed by atoms with van der Waals surface area (Å²) in [5.74, 6) is 2.33. The second-order valence-corrected chi connectivity index (χ2v) is 9.15. The Morgan fingerprint density at radius 2 is 1.79 bits per heavy atom. The molecule has 0 bridgehead atoms. The van der Waals surface area contributed by atoms with E-state index >= 15 is 0 Å². The van der Waals surface area contributed by atoms with Crippen molar-refractivity contribution in [1.82, 2.24) is 9.55 Å². The molecule has 0 radical (unpaired) electrons. The summed E-state index contributed by atoms with van der Waals surface area (Å²) in [4.78, 5) is 7.22. The maximum Gasteiger partial charge on any atom is 0.208 e. The average Bonchev–Trinajstić information content (AvgIpc) is 3.11. The van der Waals surface area contributed by atoms with Crippen molar-refractivity contribution in [2.75, 3.05) is 24.4 Å². The highest BCUT2D eigenvalue weighted by atomic mass is 79.9. The molecule has 1 aromatic heterocycles. The van der Waals surface area contributed by atoms with Crippen molar-refractivity contribution in [1.29, 1.82) is 0 Å². The first-order valence-corrected chi connectivity index (χ1v) is 11.6. The lowest BCUT2D eigenvalue weighted by atomic mass is 10.1. The minimum atomic E-state index is 0.225. The van der Waals surface area contributed by atoms with Gasteiger partial charge in [-0.2, -0.15) is 0 Å². The summed E-state index contributed by atoms with van der Waals surface area (Å²) < 4.78 is 14.2. The summed E-state index contributed by atoms with van der Waals surface area (Å²) in [5, 5.41) is 3.50. The Hall–Kier alpha value is -3.19. The van der Waals surface area contributed by atoms with Crippen molar-refractivity contribution >= 4 is 50.0 Å². The van der Waals surface area contributed by atoms with Gasteiger partial charge in [0.05, 0.1) is 36.6 Å². The minimum absolute atomic E-state index is 0.225. The highest BCUT2D eigenvalue weighted by molar-refractivity contribution is 9.10. The van der Waals surface area contributed by atoms with Crippen molar-refractivity contribution in [3.63, 3.8) is 0 Å². The molecule has 0 aliphatic rings. The van der Waals surface area contributed by atoms with Gasteiger partial charge in [0.25, 0.3) is 0 Å². The number of hydrogen-bond donors (Lipinski definition) is 1. The van der Waals surface area contributed by atoms with Gasteiger partial charge < -0.3 is 24.3 Å². The summed E-state index contributed by atoms with van der Waals surface area (Å²) >= 11 is 3.54. The van der Waals surface area contributed by atoms with E-state index in [1.807, 2.05) is 38.2 Å². The zero-order valence-electron chi connectivity index (χ0n) is 19.8. The van der Waals surface area contributed by atoms with Crippen LogP contribution in [0, 0.1) is 6.92 Å². The molecule has 4 rings (SSSR count). The summed E-state index contributed by atoms with van der Waals surface area (Å²) in [7, 11) is 5.40. The van der Waals surface area contributed by atoms with Crippen LogP contribution in [0.4, 0.5) is 23.0 Å². The molecule has 6 nitrogen and oxygen atoms in total. The molecule has 0 aliphatic carbocycles. The van der Waals surface area contributed by atoms with E-state index < -0.39 is 0 Å². The molecular formula is C26H29BrN4O2. The second kappa shape index (κ2) is 9.35. The first-order valence-electron chi connectivity index (χ1n) is 10.8. The van der Waals surface area contributed by atoms with Crippen LogP contribution in [0.2, 0.25) is 0 Å². The van der Waals surface area contributed by atoms with E-state index in [1.54, 1.807) is 14.2 Å². The number of halogens is 1. The van der Waals surface area contributed by atoms with E-state index in [9.17, 15) is 0 Å². The number of anilines is 4. The lowest BCUT2D eigenvalue weighted by molar-refractivity contribution is 0.415. The zero-order valence-corrected chi connectivity index (χ0v) is 21.4. The van der Waals surface area contributed by atoms with Crippen LogP contribution >= 0.6 is 15.9 Å². The highest BCUT2D eigenvalue weighted by Gasteiger charge is 2.21. The van der Waals surface area contributed by atoms with Gasteiger partial charge in [0.15, 0.2) is 0 Å². The summed E-state index contributed by atoms with van der Waals surface area (Å²) in [6.45, 7) is 6.42. The SMILES string of the molecule is COc1cccc(N(c2cccc3nc(Nc4c(C)cc(Br)cc4OC)n(C)c23)C(C)C)c1. The molecule has 4 aromatic rings. The number of rotatable bonds is 7. The molecular weight excluding hydrogens is 480 g/mol. The molecule has 3 aromatic carbocycles. The van der Waals surface area contributed by atoms with Crippen molar-refractivity contribution in [3.05, 3.63) is 64.6 Å². The topological polar surface area (TPSA) is 51.6 Å². The van der Waals surface area contributed by atoms with Gasteiger partial charge in [-0.15, -0.1) is 0 Å². The Morgan fingerprint density at radius 1 is 1.03 bits per heavy atom. The Bertz CT molecular complexity index is 1300. The Balaban J connectivity index is 1.84. The van der Waals surface area contributed by atoms with Gasteiger partial charge in [-0.25, -0.2) is 4.98 Å². The lowest BCUT2D eigenvalue weighted by Crippen LogP contribution is -2.26. The van der Waals surface area contributed by atoms with Crippen LogP contribution in [0.25, 0.3) is 11.0 Å². The largest absolute Gasteiger partial charge is 0.497 e. The number of nitrogens with zero attached hydrogens (tertiary/aromatic N) is 3. The molecule has 0 fully saturated rings. The monoisotopic (exact) mass is 508 g/mol. The first kappa shape index (κ1) is 23.0. The Kier molecular flexibility index (Phi) is 6.51. The molecule has 0 unspecified atom stereocenters. The molecule has 7 heteroatoms. The predicted octanol–water partition coefficient (Wildman–Crippen LogP) is 6.95. The van der Waals surface area contributed by atoms with Crippen LogP contribution in [-0.4, -0.2) is 29.8 Å². The number of aromatic nitrogens is 2. The number of hydrogen-bond acceptors (Lipinski definition) is 5. The Labute approximate surface area is 203 Å². The van der Waals surface area contributed by atoms with E-state index in [4.69, 9.17) is 14.5 Å². The predicted molar refractivity (Wildman–Crippen MR) is 140 cm³/mol. The highest BCUT2D eigenvalue weighted by Crippen LogP contribution is 2.38. The fourth-order valence-corrected chi connectivity index (χ4v) is 4.73. The van der Waals surface area contributed by atoms with Crippen LogP contribution in [0.3, 0.4) is 0 Å². The molecule has 33 heavy (non-hydrogen) atoms. The number of imidazole rings is 1. The zero-order chi connectivity index (χ0) is 23.7. The summed E-state index contributed by atoms with van der Waals surface area (Å²) in [5.41, 5.74) is 6.07.